The van der Waals surface area contributed by atoms with Crippen LogP contribution >= 0.6 is 0 Å². The molecule has 0 aliphatic carbocycles. The molecular weight excluding hydrogens is 372 g/mol. The molecule has 0 amide bonds. The first-order chi connectivity index (χ1) is 13.4. The van der Waals surface area contributed by atoms with Crippen molar-refractivity contribution in [1.82, 2.24) is 9.62 Å². The molecule has 0 unspecified atom stereocenters. The van der Waals surface area contributed by atoms with Gasteiger partial charge in [0.05, 0.1) is 11.5 Å². The fourth-order valence-electron chi connectivity index (χ4n) is 3.66. The minimum Gasteiger partial charge on any atom is -0.395 e. The molecule has 0 spiro atoms. The largest absolute Gasteiger partial charge is 0.395 e. The van der Waals surface area contributed by atoms with Gasteiger partial charge in [-0.25, -0.2) is 13.1 Å². The summed E-state index contributed by atoms with van der Waals surface area (Å²) in [7, 11) is -3.61. The number of aliphatic hydroxyl groups excluding tert-OH is 1. The maximum Gasteiger partial charge on any atom is 0.240 e. The van der Waals surface area contributed by atoms with Crippen molar-refractivity contribution in [3.8, 4) is 11.1 Å². The second-order valence-corrected chi connectivity index (χ2v) is 9.42. The summed E-state index contributed by atoms with van der Waals surface area (Å²) in [6, 6.07) is 15.5. The summed E-state index contributed by atoms with van der Waals surface area (Å²) in [5, 5.41) is 9.04. The summed E-state index contributed by atoms with van der Waals surface area (Å²) in [5.74, 6) is 0. The van der Waals surface area contributed by atoms with E-state index >= 15 is 0 Å². The van der Waals surface area contributed by atoms with E-state index in [4.69, 9.17) is 5.11 Å². The maximum absolute atomic E-state index is 12.3. The minimum atomic E-state index is -3.61. The Hall–Kier alpha value is -1.73. The molecule has 1 aliphatic heterocycles. The molecule has 0 bridgehead atoms. The highest BCUT2D eigenvalue weighted by molar-refractivity contribution is 7.89. The Morgan fingerprint density at radius 1 is 1.11 bits per heavy atom. The Morgan fingerprint density at radius 3 is 2.25 bits per heavy atom. The third-order valence-electron chi connectivity index (χ3n) is 5.46. The Balaban J connectivity index is 1.64. The monoisotopic (exact) mass is 402 g/mol. The maximum atomic E-state index is 12.3. The lowest BCUT2D eigenvalue weighted by Crippen LogP contribution is -2.34. The molecule has 2 aromatic rings. The van der Waals surface area contributed by atoms with E-state index in [1.165, 1.54) is 24.9 Å². The second-order valence-electron chi connectivity index (χ2n) is 7.70. The van der Waals surface area contributed by atoms with Gasteiger partial charge < -0.3 is 10.0 Å². The lowest BCUT2D eigenvalue weighted by molar-refractivity contribution is 0.265. The molecule has 0 radical (unpaired) electrons. The molecule has 1 aliphatic rings. The fraction of sp³-hybridized carbons (Fsp3) is 0.455. The number of hydrogen-bond acceptors (Lipinski definition) is 4. The number of hydrogen-bond donors (Lipinski definition) is 2. The Kier molecular flexibility index (Phi) is 6.88. The normalized spacial score (nSPS) is 19.0. The predicted octanol–water partition coefficient (Wildman–Crippen LogP) is 3.04. The average Bonchev–Trinajstić information content (AvgIpc) is 3.11. The Bertz CT molecular complexity index is 864. The highest BCUT2D eigenvalue weighted by atomic mass is 32.2. The van der Waals surface area contributed by atoms with Crippen LogP contribution in [0.5, 0.6) is 0 Å². The molecule has 0 saturated carbocycles. The SMILES string of the molecule is C[C@H](CO)NS(=O)(=O)c1ccc(-c2ccc(CCN3CCC[C@H]3C)cc2)cc1. The van der Waals surface area contributed by atoms with Gasteiger partial charge in [0.2, 0.25) is 10.0 Å². The number of likely N-dealkylation sites (tertiary alicyclic amines) is 1. The second kappa shape index (κ2) is 9.18. The zero-order valence-electron chi connectivity index (χ0n) is 16.6. The van der Waals surface area contributed by atoms with E-state index in [-0.39, 0.29) is 11.5 Å². The Morgan fingerprint density at radius 2 is 1.71 bits per heavy atom. The van der Waals surface area contributed by atoms with Crippen LogP contribution in [0, 0.1) is 0 Å². The van der Waals surface area contributed by atoms with Crippen molar-refractivity contribution in [1.29, 1.82) is 0 Å². The van der Waals surface area contributed by atoms with Gasteiger partial charge in [-0.05, 0) is 68.5 Å². The molecule has 0 aromatic heterocycles. The third kappa shape index (κ3) is 5.20. The molecule has 3 rings (SSSR count). The first-order valence-corrected chi connectivity index (χ1v) is 11.4. The number of benzene rings is 2. The quantitative estimate of drug-likeness (QED) is 0.712. The molecule has 28 heavy (non-hydrogen) atoms. The first kappa shape index (κ1) is 21.0. The highest BCUT2D eigenvalue weighted by Crippen LogP contribution is 2.23. The third-order valence-corrected chi connectivity index (χ3v) is 7.07. The van der Waals surface area contributed by atoms with Gasteiger partial charge in [0.1, 0.15) is 0 Å². The van der Waals surface area contributed by atoms with Crippen molar-refractivity contribution in [3.05, 3.63) is 54.1 Å². The predicted molar refractivity (Wildman–Crippen MR) is 113 cm³/mol. The van der Waals surface area contributed by atoms with E-state index in [0.29, 0.717) is 6.04 Å². The van der Waals surface area contributed by atoms with Crippen molar-refractivity contribution in [2.75, 3.05) is 19.7 Å². The zero-order chi connectivity index (χ0) is 20.1. The van der Waals surface area contributed by atoms with Gasteiger partial charge in [0.25, 0.3) is 0 Å². The summed E-state index contributed by atoms with van der Waals surface area (Å²) in [6.07, 6.45) is 3.66. The number of rotatable bonds is 8. The summed E-state index contributed by atoms with van der Waals surface area (Å²) in [4.78, 5) is 2.76. The van der Waals surface area contributed by atoms with Crippen molar-refractivity contribution in [3.63, 3.8) is 0 Å². The number of nitrogens with one attached hydrogen (secondary N) is 1. The van der Waals surface area contributed by atoms with Crippen LogP contribution in [0.1, 0.15) is 32.3 Å². The molecule has 1 saturated heterocycles. The van der Waals surface area contributed by atoms with Crippen molar-refractivity contribution >= 4 is 10.0 Å². The Labute approximate surface area is 168 Å². The smallest absolute Gasteiger partial charge is 0.240 e. The first-order valence-electron chi connectivity index (χ1n) is 9.95. The van der Waals surface area contributed by atoms with Crippen LogP contribution < -0.4 is 4.72 Å². The summed E-state index contributed by atoms with van der Waals surface area (Å²) >= 11 is 0. The molecule has 152 valence electrons. The van der Waals surface area contributed by atoms with Gasteiger partial charge >= 0.3 is 0 Å². The van der Waals surface area contributed by atoms with Crippen LogP contribution in [-0.4, -0.2) is 50.2 Å². The van der Waals surface area contributed by atoms with E-state index in [0.717, 1.165) is 24.1 Å². The molecule has 2 atom stereocenters. The van der Waals surface area contributed by atoms with E-state index in [1.807, 2.05) is 12.1 Å². The topological polar surface area (TPSA) is 69.6 Å². The van der Waals surface area contributed by atoms with E-state index in [1.54, 1.807) is 19.1 Å². The van der Waals surface area contributed by atoms with E-state index in [9.17, 15) is 8.42 Å². The van der Waals surface area contributed by atoms with Crippen LogP contribution in [0.2, 0.25) is 0 Å². The molecule has 2 N–H and O–H groups in total. The van der Waals surface area contributed by atoms with Crippen LogP contribution in [0.4, 0.5) is 0 Å². The van der Waals surface area contributed by atoms with Crippen molar-refractivity contribution in [2.45, 2.75) is 50.1 Å². The van der Waals surface area contributed by atoms with Crippen LogP contribution in [0.25, 0.3) is 11.1 Å². The number of sulfonamides is 1. The van der Waals surface area contributed by atoms with E-state index < -0.39 is 16.1 Å². The number of aliphatic hydroxyl groups is 1. The molecule has 1 fully saturated rings. The minimum absolute atomic E-state index is 0.202. The van der Waals surface area contributed by atoms with Gasteiger partial charge in [0, 0.05) is 18.6 Å². The molecule has 1 heterocycles. The molecule has 6 heteroatoms. The fourth-order valence-corrected chi connectivity index (χ4v) is 4.89. The summed E-state index contributed by atoms with van der Waals surface area (Å²) in [6.45, 7) is 6.00. The molecule has 5 nitrogen and oxygen atoms in total. The van der Waals surface area contributed by atoms with Crippen molar-refractivity contribution < 1.29 is 13.5 Å². The van der Waals surface area contributed by atoms with Gasteiger partial charge in [-0.1, -0.05) is 36.4 Å². The lowest BCUT2D eigenvalue weighted by Gasteiger charge is -2.20. The molecular formula is C22H30N2O3S. The highest BCUT2D eigenvalue weighted by Gasteiger charge is 2.19. The summed E-state index contributed by atoms with van der Waals surface area (Å²) in [5.41, 5.74) is 3.37. The van der Waals surface area contributed by atoms with Gasteiger partial charge in [-0.3, -0.25) is 0 Å². The van der Waals surface area contributed by atoms with Gasteiger partial charge in [0.15, 0.2) is 0 Å². The van der Waals surface area contributed by atoms with Crippen LogP contribution in [0.15, 0.2) is 53.4 Å². The standard InChI is InChI=1S/C22H30N2O3S/c1-17(16-25)23-28(26,27)22-11-9-21(10-12-22)20-7-5-19(6-8-20)13-15-24-14-3-4-18(24)2/h5-12,17-18,23,25H,3-4,13-16H2,1-2H3/t17-,18-/m1/s1. The van der Waals surface area contributed by atoms with Crippen LogP contribution in [-0.2, 0) is 16.4 Å². The summed E-state index contributed by atoms with van der Waals surface area (Å²) < 4.78 is 27.0. The number of nitrogens with zero attached hydrogens (tertiary/aromatic N) is 1. The van der Waals surface area contributed by atoms with Crippen LogP contribution in [0.3, 0.4) is 0 Å². The molecule has 2 aromatic carbocycles. The van der Waals surface area contributed by atoms with Gasteiger partial charge in [-0.15, -0.1) is 0 Å². The van der Waals surface area contributed by atoms with E-state index in [2.05, 4.69) is 40.8 Å². The van der Waals surface area contributed by atoms with Gasteiger partial charge in [-0.2, -0.15) is 0 Å². The lowest BCUT2D eigenvalue weighted by atomic mass is 10.0. The zero-order valence-corrected chi connectivity index (χ0v) is 17.5. The van der Waals surface area contributed by atoms with Crippen molar-refractivity contribution in [2.24, 2.45) is 0 Å². The average molecular weight is 403 g/mol.